The van der Waals surface area contributed by atoms with Gasteiger partial charge in [-0.2, -0.15) is 0 Å². The lowest BCUT2D eigenvalue weighted by atomic mass is 10.0. The van der Waals surface area contributed by atoms with Gasteiger partial charge in [-0.15, -0.1) is 0 Å². The van der Waals surface area contributed by atoms with Crippen molar-refractivity contribution in [3.05, 3.63) is 66.2 Å². The topological polar surface area (TPSA) is 57.7 Å². The van der Waals surface area contributed by atoms with Crippen LogP contribution in [0.1, 0.15) is 18.9 Å². The Kier molecular flexibility index (Phi) is 3.74. The van der Waals surface area contributed by atoms with Crippen LogP contribution in [-0.4, -0.2) is 26.9 Å². The van der Waals surface area contributed by atoms with Crippen LogP contribution in [0, 0.1) is 0 Å². The molecule has 0 aliphatic carbocycles. The Balaban J connectivity index is 1.59. The Morgan fingerprint density at radius 2 is 1.68 bits per heavy atom. The van der Waals surface area contributed by atoms with Gasteiger partial charge in [0.2, 0.25) is 0 Å². The number of hydrogen-bond acceptors (Lipinski definition) is 3. The minimum absolute atomic E-state index is 0.194. The van der Waals surface area contributed by atoms with E-state index in [0.717, 1.165) is 29.5 Å². The van der Waals surface area contributed by atoms with E-state index in [1.165, 1.54) is 4.31 Å². The number of carbonyl (C=O) groups excluding carboxylic acids is 1. The lowest BCUT2D eigenvalue weighted by Crippen LogP contribution is -2.50. The second-order valence-electron chi connectivity index (χ2n) is 7.33. The monoisotopic (exact) mass is 392 g/mol. The molecule has 2 aliphatic rings. The molecule has 0 fully saturated rings. The van der Waals surface area contributed by atoms with E-state index in [1.54, 1.807) is 30.0 Å². The minimum Gasteiger partial charge on any atom is -0.310 e. The molecule has 0 aromatic heterocycles. The fourth-order valence-electron chi connectivity index (χ4n) is 4.43. The van der Waals surface area contributed by atoms with Crippen LogP contribution >= 0.6 is 0 Å². The van der Waals surface area contributed by atoms with Crippen molar-refractivity contribution in [1.29, 1.82) is 0 Å². The molecule has 0 N–H and O–H groups in total. The Morgan fingerprint density at radius 3 is 2.50 bits per heavy atom. The molecule has 1 amide bonds. The van der Waals surface area contributed by atoms with Gasteiger partial charge >= 0.3 is 0 Å². The molecule has 5 rings (SSSR count). The molecule has 0 saturated carbocycles. The Hall–Kier alpha value is -2.86. The van der Waals surface area contributed by atoms with E-state index in [1.807, 2.05) is 42.5 Å². The molecule has 5 nitrogen and oxygen atoms in total. The number of sulfonamides is 1. The quantitative estimate of drug-likeness (QED) is 0.668. The molecule has 0 saturated heterocycles. The molecular formula is C22H20N2O3S. The minimum atomic E-state index is -3.77. The third-order valence-electron chi connectivity index (χ3n) is 5.70. The first kappa shape index (κ1) is 17.3. The molecule has 0 bridgehead atoms. The molecule has 28 heavy (non-hydrogen) atoms. The average Bonchev–Trinajstić information content (AvgIpc) is 2.95. The van der Waals surface area contributed by atoms with Crippen molar-refractivity contribution >= 4 is 38.1 Å². The first-order chi connectivity index (χ1) is 13.5. The molecule has 2 heterocycles. The number of benzene rings is 3. The Bertz CT molecular complexity index is 1210. The number of nitrogens with zero attached hydrogens (tertiary/aromatic N) is 2. The average molecular weight is 392 g/mol. The fourth-order valence-corrected chi connectivity index (χ4v) is 6.29. The van der Waals surface area contributed by atoms with Gasteiger partial charge in [0.1, 0.15) is 6.04 Å². The van der Waals surface area contributed by atoms with Gasteiger partial charge in [0.05, 0.1) is 10.6 Å². The zero-order chi connectivity index (χ0) is 19.5. The fraction of sp³-hybridized carbons (Fsp3) is 0.227. The van der Waals surface area contributed by atoms with Crippen molar-refractivity contribution in [3.63, 3.8) is 0 Å². The molecule has 0 unspecified atom stereocenters. The summed E-state index contributed by atoms with van der Waals surface area (Å²) >= 11 is 0. The number of amides is 1. The van der Waals surface area contributed by atoms with Crippen molar-refractivity contribution in [2.45, 2.75) is 30.7 Å². The van der Waals surface area contributed by atoms with Crippen LogP contribution in [0.2, 0.25) is 0 Å². The number of rotatable bonds is 2. The van der Waals surface area contributed by atoms with Gasteiger partial charge in [0, 0.05) is 17.6 Å². The summed E-state index contributed by atoms with van der Waals surface area (Å²) in [5.74, 6) is -0.194. The third-order valence-corrected chi connectivity index (χ3v) is 7.63. The molecule has 3 aromatic rings. The number of carbonyl (C=O) groups is 1. The summed E-state index contributed by atoms with van der Waals surface area (Å²) in [6.45, 7) is 2.28. The highest BCUT2D eigenvalue weighted by atomic mass is 32.2. The van der Waals surface area contributed by atoms with Gasteiger partial charge in [0.15, 0.2) is 0 Å². The van der Waals surface area contributed by atoms with Crippen molar-refractivity contribution in [2.75, 3.05) is 15.7 Å². The summed E-state index contributed by atoms with van der Waals surface area (Å²) in [6, 6.07) is 17.8. The maximum absolute atomic E-state index is 13.4. The zero-order valence-corrected chi connectivity index (χ0v) is 16.3. The first-order valence-corrected chi connectivity index (χ1v) is 10.9. The van der Waals surface area contributed by atoms with Gasteiger partial charge in [-0.3, -0.25) is 9.10 Å². The molecule has 0 spiro atoms. The van der Waals surface area contributed by atoms with Crippen LogP contribution in [0.25, 0.3) is 10.8 Å². The van der Waals surface area contributed by atoms with Crippen molar-refractivity contribution in [2.24, 2.45) is 0 Å². The summed E-state index contributed by atoms with van der Waals surface area (Å²) in [5.41, 5.74) is 2.60. The van der Waals surface area contributed by atoms with Gasteiger partial charge in [0.25, 0.3) is 15.9 Å². The molecule has 1 atom stereocenters. The summed E-state index contributed by atoms with van der Waals surface area (Å²) in [7, 11) is -3.77. The summed E-state index contributed by atoms with van der Waals surface area (Å²) in [4.78, 5) is 15.4. The highest BCUT2D eigenvalue weighted by Gasteiger charge is 2.42. The van der Waals surface area contributed by atoms with Crippen molar-refractivity contribution in [3.8, 4) is 0 Å². The van der Waals surface area contributed by atoms with Crippen LogP contribution in [0.15, 0.2) is 65.6 Å². The van der Waals surface area contributed by atoms with Crippen LogP contribution in [-0.2, 0) is 21.2 Å². The van der Waals surface area contributed by atoms with Crippen molar-refractivity contribution in [1.82, 2.24) is 0 Å². The van der Waals surface area contributed by atoms with E-state index in [0.29, 0.717) is 17.6 Å². The molecule has 2 aliphatic heterocycles. The normalized spacial score (nSPS) is 18.2. The summed E-state index contributed by atoms with van der Waals surface area (Å²) < 4.78 is 27.9. The maximum Gasteiger partial charge on any atom is 0.265 e. The van der Waals surface area contributed by atoms with Crippen molar-refractivity contribution < 1.29 is 13.2 Å². The molecular weight excluding hydrogens is 372 g/mol. The molecule has 3 aromatic carbocycles. The second-order valence-corrected chi connectivity index (χ2v) is 9.11. The SMILES string of the molecule is C[C@H](C(=O)N1CCCc2ccccc21)N1c2cccc3cccc(c23)S1(=O)=O. The second kappa shape index (κ2) is 6.07. The predicted molar refractivity (Wildman–Crippen MR) is 110 cm³/mol. The lowest BCUT2D eigenvalue weighted by Gasteiger charge is -2.34. The lowest BCUT2D eigenvalue weighted by molar-refractivity contribution is -0.119. The number of para-hydroxylation sites is 1. The van der Waals surface area contributed by atoms with Gasteiger partial charge in [-0.25, -0.2) is 8.42 Å². The Labute approximate surface area is 164 Å². The number of hydrogen-bond donors (Lipinski definition) is 0. The maximum atomic E-state index is 13.4. The summed E-state index contributed by atoms with van der Waals surface area (Å²) in [5, 5.41) is 1.56. The van der Waals surface area contributed by atoms with E-state index >= 15 is 0 Å². The van der Waals surface area contributed by atoms with E-state index < -0.39 is 16.1 Å². The van der Waals surface area contributed by atoms with E-state index in [4.69, 9.17) is 0 Å². The predicted octanol–water partition coefficient (Wildman–Crippen LogP) is 3.72. The van der Waals surface area contributed by atoms with Gasteiger partial charge in [-0.1, -0.05) is 42.5 Å². The number of anilines is 2. The van der Waals surface area contributed by atoms with Gasteiger partial charge < -0.3 is 4.90 Å². The number of fused-ring (bicyclic) bond motifs is 1. The molecule has 6 heteroatoms. The highest BCUT2D eigenvalue weighted by molar-refractivity contribution is 7.93. The standard InChI is InChI=1S/C22H20N2O3S/c1-15(22(25)23-14-6-10-16-7-2-3-11-18(16)23)24-19-12-4-8-17-9-5-13-20(21(17)19)28(24,26)27/h2-5,7-9,11-13,15H,6,10,14H2,1H3/t15-/m1/s1. The smallest absolute Gasteiger partial charge is 0.265 e. The Morgan fingerprint density at radius 1 is 0.964 bits per heavy atom. The zero-order valence-electron chi connectivity index (χ0n) is 15.5. The molecule has 0 radical (unpaired) electrons. The summed E-state index contributed by atoms with van der Waals surface area (Å²) in [6.07, 6.45) is 1.80. The highest BCUT2D eigenvalue weighted by Crippen LogP contribution is 2.43. The van der Waals surface area contributed by atoms with E-state index in [9.17, 15) is 13.2 Å². The van der Waals surface area contributed by atoms with Gasteiger partial charge in [-0.05, 0) is 48.9 Å². The van der Waals surface area contributed by atoms with Crippen LogP contribution in [0.3, 0.4) is 0 Å². The van der Waals surface area contributed by atoms with Crippen LogP contribution in [0.4, 0.5) is 11.4 Å². The third kappa shape index (κ3) is 2.31. The largest absolute Gasteiger partial charge is 0.310 e. The molecule has 142 valence electrons. The van der Waals surface area contributed by atoms with E-state index in [-0.39, 0.29) is 10.8 Å². The number of aryl methyl sites for hydroxylation is 1. The van der Waals surface area contributed by atoms with Crippen LogP contribution in [0.5, 0.6) is 0 Å². The van der Waals surface area contributed by atoms with Crippen LogP contribution < -0.4 is 9.21 Å². The first-order valence-electron chi connectivity index (χ1n) is 9.45. The van der Waals surface area contributed by atoms with E-state index in [2.05, 4.69) is 0 Å².